The zero-order valence-electron chi connectivity index (χ0n) is 9.61. The van der Waals surface area contributed by atoms with E-state index in [-0.39, 0.29) is 5.82 Å². The van der Waals surface area contributed by atoms with E-state index in [9.17, 15) is 4.39 Å². The van der Waals surface area contributed by atoms with Gasteiger partial charge in [-0.15, -0.1) is 11.8 Å². The van der Waals surface area contributed by atoms with Crippen LogP contribution >= 0.6 is 11.8 Å². The lowest BCUT2D eigenvalue weighted by atomic mass is 10.2. The molecule has 0 aliphatic rings. The van der Waals surface area contributed by atoms with Crippen molar-refractivity contribution in [3.8, 4) is 0 Å². The maximum Gasteiger partial charge on any atom is 0.136 e. The molecule has 0 radical (unpaired) electrons. The van der Waals surface area contributed by atoms with Crippen LogP contribution in [0.2, 0.25) is 0 Å². The summed E-state index contributed by atoms with van der Waals surface area (Å²) >= 11 is 1.38. The Labute approximate surface area is 100 Å². The van der Waals surface area contributed by atoms with E-state index in [1.165, 1.54) is 17.8 Å². The van der Waals surface area contributed by atoms with E-state index in [0.717, 1.165) is 6.54 Å². The molecule has 1 aromatic carbocycles. The van der Waals surface area contributed by atoms with Crippen LogP contribution in [0.25, 0.3) is 0 Å². The molecule has 0 aliphatic carbocycles. The number of amidine groups is 1. The Bertz CT molecular complexity index is 364. The van der Waals surface area contributed by atoms with Crippen molar-refractivity contribution < 1.29 is 4.39 Å². The first-order valence-electron chi connectivity index (χ1n) is 5.25. The smallest absolute Gasteiger partial charge is 0.136 e. The Morgan fingerprint density at radius 3 is 2.75 bits per heavy atom. The molecule has 0 saturated heterocycles. The lowest BCUT2D eigenvalue weighted by molar-refractivity contribution is 0.602. The summed E-state index contributed by atoms with van der Waals surface area (Å²) in [6, 6.07) is 6.68. The van der Waals surface area contributed by atoms with E-state index in [0.29, 0.717) is 22.4 Å². The molecule has 4 heteroatoms. The number of aliphatic imine (C=N–C) groups is 1. The topological polar surface area (TPSA) is 38.4 Å². The Balaban J connectivity index is 2.46. The Hall–Kier alpha value is -1.03. The Morgan fingerprint density at radius 2 is 2.12 bits per heavy atom. The number of nitrogens with two attached hydrogens (primary N) is 1. The van der Waals surface area contributed by atoms with Gasteiger partial charge in [0.15, 0.2) is 0 Å². The molecule has 2 nitrogen and oxygen atoms in total. The van der Waals surface area contributed by atoms with E-state index in [2.05, 4.69) is 18.8 Å². The minimum Gasteiger partial charge on any atom is -0.387 e. The van der Waals surface area contributed by atoms with Gasteiger partial charge < -0.3 is 5.73 Å². The van der Waals surface area contributed by atoms with Gasteiger partial charge in [0.05, 0.1) is 5.75 Å². The van der Waals surface area contributed by atoms with E-state index < -0.39 is 0 Å². The number of hydrogen-bond acceptors (Lipinski definition) is 2. The summed E-state index contributed by atoms with van der Waals surface area (Å²) in [6.45, 7) is 4.89. The van der Waals surface area contributed by atoms with Crippen LogP contribution in [-0.2, 0) is 0 Å². The second-order valence-electron chi connectivity index (χ2n) is 3.94. The second kappa shape index (κ2) is 6.53. The average molecular weight is 240 g/mol. The molecule has 0 aromatic heterocycles. The molecule has 0 bridgehead atoms. The number of hydrogen-bond donors (Lipinski definition) is 1. The summed E-state index contributed by atoms with van der Waals surface area (Å²) in [5, 5.41) is 0. The van der Waals surface area contributed by atoms with Gasteiger partial charge in [0.25, 0.3) is 0 Å². The van der Waals surface area contributed by atoms with Crippen molar-refractivity contribution >= 4 is 17.6 Å². The van der Waals surface area contributed by atoms with Crippen LogP contribution in [0.15, 0.2) is 34.2 Å². The van der Waals surface area contributed by atoms with Crippen molar-refractivity contribution in [2.75, 3.05) is 12.3 Å². The second-order valence-corrected chi connectivity index (χ2v) is 4.96. The molecule has 0 atom stereocenters. The van der Waals surface area contributed by atoms with Gasteiger partial charge in [0.2, 0.25) is 0 Å². The van der Waals surface area contributed by atoms with Gasteiger partial charge in [-0.2, -0.15) is 0 Å². The Kier molecular flexibility index (Phi) is 5.32. The van der Waals surface area contributed by atoms with Crippen LogP contribution in [0.3, 0.4) is 0 Å². The zero-order chi connectivity index (χ0) is 12.0. The lowest BCUT2D eigenvalue weighted by Crippen LogP contribution is -2.16. The average Bonchev–Trinajstić information content (AvgIpc) is 2.25. The molecule has 0 amide bonds. The van der Waals surface area contributed by atoms with Crippen LogP contribution in [0.4, 0.5) is 4.39 Å². The maximum absolute atomic E-state index is 13.3. The third-order valence-corrected chi connectivity index (χ3v) is 2.95. The fraction of sp³-hybridized carbons (Fsp3) is 0.417. The Morgan fingerprint density at radius 1 is 1.44 bits per heavy atom. The molecule has 0 unspecified atom stereocenters. The summed E-state index contributed by atoms with van der Waals surface area (Å²) in [4.78, 5) is 4.84. The molecule has 1 aromatic rings. The fourth-order valence-corrected chi connectivity index (χ4v) is 1.83. The van der Waals surface area contributed by atoms with Crippen molar-refractivity contribution in [1.29, 1.82) is 0 Å². The van der Waals surface area contributed by atoms with Gasteiger partial charge in [-0.3, -0.25) is 4.99 Å². The van der Waals surface area contributed by atoms with Crippen molar-refractivity contribution in [2.24, 2.45) is 16.6 Å². The largest absolute Gasteiger partial charge is 0.387 e. The number of nitrogens with zero attached hydrogens (tertiary/aromatic N) is 1. The van der Waals surface area contributed by atoms with E-state index in [4.69, 9.17) is 5.73 Å². The lowest BCUT2D eigenvalue weighted by Gasteiger charge is -2.04. The van der Waals surface area contributed by atoms with Gasteiger partial charge in [0.1, 0.15) is 11.7 Å². The monoisotopic (exact) mass is 240 g/mol. The number of thioether (sulfide) groups is 1. The number of halogens is 1. The third-order valence-electron chi connectivity index (χ3n) is 1.87. The van der Waals surface area contributed by atoms with Gasteiger partial charge in [0, 0.05) is 11.4 Å². The van der Waals surface area contributed by atoms with Crippen molar-refractivity contribution in [3.05, 3.63) is 30.1 Å². The molecule has 0 aliphatic heterocycles. The quantitative estimate of drug-likeness (QED) is 0.488. The van der Waals surface area contributed by atoms with Crippen LogP contribution in [0.1, 0.15) is 13.8 Å². The first-order valence-corrected chi connectivity index (χ1v) is 6.24. The predicted molar refractivity (Wildman–Crippen MR) is 68.5 cm³/mol. The summed E-state index contributed by atoms with van der Waals surface area (Å²) in [7, 11) is 0. The molecule has 16 heavy (non-hydrogen) atoms. The zero-order valence-corrected chi connectivity index (χ0v) is 10.4. The normalized spacial score (nSPS) is 12.1. The summed E-state index contributed by atoms with van der Waals surface area (Å²) in [5.41, 5.74) is 5.73. The van der Waals surface area contributed by atoms with Crippen LogP contribution in [0, 0.1) is 11.7 Å². The van der Waals surface area contributed by atoms with Crippen LogP contribution in [-0.4, -0.2) is 18.1 Å². The first-order chi connectivity index (χ1) is 7.59. The molecule has 0 saturated carbocycles. The molecule has 2 N–H and O–H groups in total. The molecule has 0 fully saturated rings. The van der Waals surface area contributed by atoms with E-state index in [1.54, 1.807) is 12.1 Å². The molecule has 0 spiro atoms. The standard InChI is InChI=1S/C12H17FN2S/c1-9(2)7-15-12(14)8-16-11-6-4-3-5-10(11)13/h3-6,9H,7-8H2,1-2H3,(H2,14,15). The van der Waals surface area contributed by atoms with Gasteiger partial charge in [-0.25, -0.2) is 4.39 Å². The minimum absolute atomic E-state index is 0.204. The fourth-order valence-electron chi connectivity index (χ4n) is 1.06. The van der Waals surface area contributed by atoms with Gasteiger partial charge in [-0.05, 0) is 18.1 Å². The maximum atomic E-state index is 13.3. The van der Waals surface area contributed by atoms with E-state index >= 15 is 0 Å². The van der Waals surface area contributed by atoms with E-state index in [1.807, 2.05) is 6.07 Å². The molecular formula is C12H17FN2S. The molecule has 1 rings (SSSR count). The van der Waals surface area contributed by atoms with Crippen molar-refractivity contribution in [1.82, 2.24) is 0 Å². The third kappa shape index (κ3) is 4.66. The molecule has 88 valence electrons. The summed E-state index contributed by atoms with van der Waals surface area (Å²) in [5.74, 6) is 1.40. The van der Waals surface area contributed by atoms with Crippen molar-refractivity contribution in [3.63, 3.8) is 0 Å². The first kappa shape index (κ1) is 13.0. The SMILES string of the molecule is CC(C)CN=C(N)CSc1ccccc1F. The highest BCUT2D eigenvalue weighted by molar-refractivity contribution is 8.00. The highest BCUT2D eigenvalue weighted by atomic mass is 32.2. The highest BCUT2D eigenvalue weighted by Crippen LogP contribution is 2.20. The number of rotatable bonds is 5. The summed E-state index contributed by atoms with van der Waals surface area (Å²) in [6.07, 6.45) is 0. The predicted octanol–water partition coefficient (Wildman–Crippen LogP) is 2.93. The van der Waals surface area contributed by atoms with Crippen LogP contribution in [0.5, 0.6) is 0 Å². The number of benzene rings is 1. The van der Waals surface area contributed by atoms with Gasteiger partial charge >= 0.3 is 0 Å². The van der Waals surface area contributed by atoms with Gasteiger partial charge in [-0.1, -0.05) is 26.0 Å². The van der Waals surface area contributed by atoms with Crippen molar-refractivity contribution in [2.45, 2.75) is 18.7 Å². The molecule has 0 heterocycles. The molecular weight excluding hydrogens is 223 g/mol. The minimum atomic E-state index is -0.204. The summed E-state index contributed by atoms with van der Waals surface area (Å²) < 4.78 is 13.3. The van der Waals surface area contributed by atoms with Crippen LogP contribution < -0.4 is 5.73 Å². The highest BCUT2D eigenvalue weighted by Gasteiger charge is 2.02.